The third kappa shape index (κ3) is 4.94. The molecule has 4 rings (SSSR count). The van der Waals surface area contributed by atoms with E-state index in [0.717, 1.165) is 16.6 Å². The molecule has 0 aliphatic carbocycles. The van der Waals surface area contributed by atoms with Gasteiger partial charge in [-0.3, -0.25) is 9.78 Å². The summed E-state index contributed by atoms with van der Waals surface area (Å²) in [6, 6.07) is 21.7. The maximum Gasteiger partial charge on any atom is 0.258 e. The molecule has 4 aromatic rings. The SMILES string of the molecule is CC(C)(C)c1ccc(NC(=O)c2cccnc2SCc2ccnc3ccccc23)cc1. The van der Waals surface area contributed by atoms with Crippen LogP contribution in [0.15, 0.2) is 84.1 Å². The van der Waals surface area contributed by atoms with Crippen molar-refractivity contribution in [2.45, 2.75) is 37.0 Å². The zero-order chi connectivity index (χ0) is 21.8. The van der Waals surface area contributed by atoms with Gasteiger partial charge in [0.2, 0.25) is 0 Å². The van der Waals surface area contributed by atoms with E-state index in [-0.39, 0.29) is 11.3 Å². The fourth-order valence-electron chi connectivity index (χ4n) is 3.36. The minimum absolute atomic E-state index is 0.0762. The number of benzene rings is 2. The maximum absolute atomic E-state index is 13.0. The van der Waals surface area contributed by atoms with Crippen LogP contribution in [-0.4, -0.2) is 15.9 Å². The Kier molecular flexibility index (Phi) is 6.05. The summed E-state index contributed by atoms with van der Waals surface area (Å²) in [5, 5.41) is 4.84. The standard InChI is InChI=1S/C26H25N3OS/c1-26(2,3)19-10-12-20(13-11-19)29-24(30)22-8-6-15-28-25(22)31-17-18-14-16-27-23-9-5-4-7-21(18)23/h4-16H,17H2,1-3H3,(H,29,30). The van der Waals surface area contributed by atoms with E-state index in [9.17, 15) is 4.79 Å². The maximum atomic E-state index is 13.0. The molecule has 0 fully saturated rings. The molecule has 1 N–H and O–H groups in total. The quantitative estimate of drug-likeness (QED) is 0.371. The van der Waals surface area contributed by atoms with Crippen molar-refractivity contribution in [1.29, 1.82) is 0 Å². The van der Waals surface area contributed by atoms with Gasteiger partial charge < -0.3 is 5.32 Å². The molecule has 0 saturated heterocycles. The lowest BCUT2D eigenvalue weighted by Gasteiger charge is -2.19. The van der Waals surface area contributed by atoms with Gasteiger partial charge in [0.15, 0.2) is 0 Å². The lowest BCUT2D eigenvalue weighted by Crippen LogP contribution is -2.14. The Morgan fingerprint density at radius 3 is 2.45 bits per heavy atom. The molecule has 0 aliphatic rings. The summed E-state index contributed by atoms with van der Waals surface area (Å²) in [6.07, 6.45) is 3.55. The zero-order valence-corrected chi connectivity index (χ0v) is 18.7. The summed E-state index contributed by atoms with van der Waals surface area (Å²) in [6.45, 7) is 6.52. The molecule has 5 heteroatoms. The van der Waals surface area contributed by atoms with Gasteiger partial charge in [0.05, 0.1) is 11.1 Å². The van der Waals surface area contributed by atoms with Crippen LogP contribution >= 0.6 is 11.8 Å². The second-order valence-electron chi connectivity index (χ2n) is 8.41. The van der Waals surface area contributed by atoms with E-state index in [2.05, 4.69) is 54.3 Å². The van der Waals surface area contributed by atoms with Crippen LogP contribution in [0.4, 0.5) is 5.69 Å². The van der Waals surface area contributed by atoms with Crippen molar-refractivity contribution in [2.75, 3.05) is 5.32 Å². The van der Waals surface area contributed by atoms with Gasteiger partial charge in [0.25, 0.3) is 5.91 Å². The first-order chi connectivity index (χ1) is 14.9. The van der Waals surface area contributed by atoms with Gasteiger partial charge >= 0.3 is 0 Å². The van der Waals surface area contributed by atoms with Gasteiger partial charge in [-0.15, -0.1) is 11.8 Å². The zero-order valence-electron chi connectivity index (χ0n) is 17.9. The number of hydrogen-bond donors (Lipinski definition) is 1. The predicted molar refractivity (Wildman–Crippen MR) is 129 cm³/mol. The molecule has 2 heterocycles. The lowest BCUT2D eigenvalue weighted by molar-refractivity contribution is 0.102. The summed E-state index contributed by atoms with van der Waals surface area (Å²) >= 11 is 1.56. The average molecular weight is 428 g/mol. The van der Waals surface area contributed by atoms with Crippen molar-refractivity contribution >= 4 is 34.3 Å². The number of nitrogens with one attached hydrogen (secondary N) is 1. The summed E-state index contributed by atoms with van der Waals surface area (Å²) in [7, 11) is 0. The van der Waals surface area contributed by atoms with Crippen molar-refractivity contribution in [3.05, 3.63) is 95.8 Å². The molecule has 156 valence electrons. The number of rotatable bonds is 5. The molecule has 1 amide bonds. The first kappa shape index (κ1) is 21.1. The van der Waals surface area contributed by atoms with Gasteiger partial charge in [-0.1, -0.05) is 51.1 Å². The molecular weight excluding hydrogens is 402 g/mol. The third-order valence-corrected chi connectivity index (χ3v) is 6.18. The van der Waals surface area contributed by atoms with Gasteiger partial charge in [0.1, 0.15) is 5.03 Å². The van der Waals surface area contributed by atoms with Gasteiger partial charge in [-0.05, 0) is 52.9 Å². The number of pyridine rings is 2. The van der Waals surface area contributed by atoms with Crippen LogP contribution in [0, 0.1) is 0 Å². The molecule has 0 aliphatic heterocycles. The minimum atomic E-state index is -0.154. The van der Waals surface area contributed by atoms with E-state index in [1.165, 1.54) is 11.1 Å². The second kappa shape index (κ2) is 8.90. The number of nitrogens with zero attached hydrogens (tertiary/aromatic N) is 2. The number of hydrogen-bond acceptors (Lipinski definition) is 4. The van der Waals surface area contributed by atoms with E-state index in [1.807, 2.05) is 48.7 Å². The van der Waals surface area contributed by atoms with E-state index in [1.54, 1.807) is 24.0 Å². The van der Waals surface area contributed by atoms with E-state index >= 15 is 0 Å². The molecule has 0 unspecified atom stereocenters. The highest BCUT2D eigenvalue weighted by molar-refractivity contribution is 7.98. The van der Waals surface area contributed by atoms with Gasteiger partial charge in [-0.25, -0.2) is 4.98 Å². The molecule has 0 bridgehead atoms. The number of amides is 1. The molecule has 2 aromatic carbocycles. The largest absolute Gasteiger partial charge is 0.322 e. The fraction of sp³-hybridized carbons (Fsp3) is 0.192. The van der Waals surface area contributed by atoms with Crippen LogP contribution in [0.2, 0.25) is 0 Å². The highest BCUT2D eigenvalue weighted by atomic mass is 32.2. The van der Waals surface area contributed by atoms with Crippen molar-refractivity contribution < 1.29 is 4.79 Å². The van der Waals surface area contributed by atoms with Gasteiger partial charge in [-0.2, -0.15) is 0 Å². The number of para-hydroxylation sites is 1. The number of carbonyl (C=O) groups is 1. The van der Waals surface area contributed by atoms with Crippen molar-refractivity contribution in [1.82, 2.24) is 9.97 Å². The molecule has 0 atom stereocenters. The number of carbonyl (C=O) groups excluding carboxylic acids is 1. The lowest BCUT2D eigenvalue weighted by atomic mass is 9.87. The Balaban J connectivity index is 1.51. The first-order valence-corrected chi connectivity index (χ1v) is 11.2. The van der Waals surface area contributed by atoms with Crippen LogP contribution < -0.4 is 5.32 Å². The second-order valence-corrected chi connectivity index (χ2v) is 9.38. The molecular formula is C26H25N3OS. The summed E-state index contributed by atoms with van der Waals surface area (Å²) < 4.78 is 0. The average Bonchev–Trinajstić information content (AvgIpc) is 2.77. The highest BCUT2D eigenvalue weighted by Crippen LogP contribution is 2.28. The summed E-state index contributed by atoms with van der Waals surface area (Å²) in [5.74, 6) is 0.555. The van der Waals surface area contributed by atoms with Crippen LogP contribution in [0.5, 0.6) is 0 Å². The monoisotopic (exact) mass is 427 g/mol. The highest BCUT2D eigenvalue weighted by Gasteiger charge is 2.16. The molecule has 0 saturated carbocycles. The Labute approximate surface area is 187 Å². The van der Waals surface area contributed by atoms with Crippen LogP contribution in [0.1, 0.15) is 42.3 Å². The molecule has 31 heavy (non-hydrogen) atoms. The van der Waals surface area contributed by atoms with Gasteiger partial charge in [0, 0.05) is 29.2 Å². The number of aromatic nitrogens is 2. The number of anilines is 1. The van der Waals surface area contributed by atoms with E-state index in [4.69, 9.17) is 0 Å². The smallest absolute Gasteiger partial charge is 0.258 e. The Morgan fingerprint density at radius 2 is 1.68 bits per heavy atom. The normalized spacial score (nSPS) is 11.5. The Hall–Kier alpha value is -3.18. The summed E-state index contributed by atoms with van der Waals surface area (Å²) in [5.41, 5.74) is 4.80. The van der Waals surface area contributed by atoms with E-state index < -0.39 is 0 Å². The van der Waals surface area contributed by atoms with E-state index in [0.29, 0.717) is 16.3 Å². The molecule has 2 aromatic heterocycles. The molecule has 4 nitrogen and oxygen atoms in total. The Bertz CT molecular complexity index is 1210. The summed E-state index contributed by atoms with van der Waals surface area (Å²) in [4.78, 5) is 21.9. The number of thioether (sulfide) groups is 1. The van der Waals surface area contributed by atoms with Crippen molar-refractivity contribution in [3.63, 3.8) is 0 Å². The predicted octanol–water partition coefficient (Wildman–Crippen LogP) is 6.47. The Morgan fingerprint density at radius 1 is 0.903 bits per heavy atom. The number of fused-ring (bicyclic) bond motifs is 1. The van der Waals surface area contributed by atoms with Crippen LogP contribution in [0.25, 0.3) is 10.9 Å². The topological polar surface area (TPSA) is 54.9 Å². The van der Waals surface area contributed by atoms with Crippen molar-refractivity contribution in [3.8, 4) is 0 Å². The molecule has 0 spiro atoms. The van der Waals surface area contributed by atoms with Crippen LogP contribution in [-0.2, 0) is 11.2 Å². The minimum Gasteiger partial charge on any atom is -0.322 e. The molecule has 0 radical (unpaired) electrons. The first-order valence-electron chi connectivity index (χ1n) is 10.2. The third-order valence-electron chi connectivity index (χ3n) is 5.13. The fourth-order valence-corrected chi connectivity index (χ4v) is 4.35. The van der Waals surface area contributed by atoms with Crippen LogP contribution in [0.3, 0.4) is 0 Å². The van der Waals surface area contributed by atoms with Crippen molar-refractivity contribution in [2.24, 2.45) is 0 Å².